The average molecular weight is 626 g/mol. The first kappa shape index (κ1) is 31.7. The Morgan fingerprint density at radius 3 is 2.18 bits per heavy atom. The van der Waals surface area contributed by atoms with Crippen LogP contribution in [0.5, 0.6) is 23.0 Å². The second-order valence-corrected chi connectivity index (χ2v) is 10.2. The van der Waals surface area contributed by atoms with Crippen molar-refractivity contribution in [3.8, 4) is 34.3 Å². The zero-order valence-corrected chi connectivity index (χ0v) is 24.8. The molecule has 0 aliphatic carbocycles. The number of methoxy groups -OCH3 is 4. The minimum absolute atomic E-state index is 0.00783. The van der Waals surface area contributed by atoms with E-state index in [9.17, 15) is 29.3 Å². The molecule has 1 amide bonds. The monoisotopic (exact) mass is 625 g/mol. The number of aliphatic hydroxyl groups excluding tert-OH is 3. The quantitative estimate of drug-likeness (QED) is 0.216. The van der Waals surface area contributed by atoms with Crippen molar-refractivity contribution in [2.75, 3.05) is 28.4 Å². The number of aliphatic hydroxyl groups is 3. The molecule has 1 aliphatic rings. The molecule has 4 aromatic rings. The molecule has 0 unspecified atom stereocenters. The summed E-state index contributed by atoms with van der Waals surface area (Å²) in [6.07, 6.45) is -8.55. The van der Waals surface area contributed by atoms with Crippen LogP contribution in [0.4, 0.5) is 4.39 Å². The van der Waals surface area contributed by atoms with Crippen LogP contribution in [0, 0.1) is 5.82 Å². The number of carbonyl (C=O) groups is 1. The van der Waals surface area contributed by atoms with Gasteiger partial charge in [-0.1, -0.05) is 12.1 Å². The Morgan fingerprint density at radius 1 is 0.844 bits per heavy atom. The van der Waals surface area contributed by atoms with Gasteiger partial charge in [0, 0.05) is 24.2 Å². The van der Waals surface area contributed by atoms with E-state index >= 15 is 0 Å². The number of amides is 1. The Morgan fingerprint density at radius 2 is 1.53 bits per heavy atom. The fourth-order valence-electron chi connectivity index (χ4n) is 5.29. The number of ether oxygens (including phenoxy) is 5. The summed E-state index contributed by atoms with van der Waals surface area (Å²) in [5.74, 6) is -0.182. The minimum Gasteiger partial charge on any atom is -0.496 e. The number of benzene rings is 3. The highest BCUT2D eigenvalue weighted by Crippen LogP contribution is 2.46. The van der Waals surface area contributed by atoms with Crippen LogP contribution >= 0.6 is 0 Å². The van der Waals surface area contributed by atoms with Crippen LogP contribution in [-0.2, 0) is 16.1 Å². The highest BCUT2D eigenvalue weighted by atomic mass is 19.1. The van der Waals surface area contributed by atoms with Crippen LogP contribution < -0.4 is 29.7 Å². The largest absolute Gasteiger partial charge is 0.496 e. The van der Waals surface area contributed by atoms with Crippen molar-refractivity contribution < 1.29 is 52.6 Å². The molecule has 0 spiro atoms. The van der Waals surface area contributed by atoms with E-state index in [2.05, 4.69) is 5.32 Å². The molecule has 1 aliphatic heterocycles. The summed E-state index contributed by atoms with van der Waals surface area (Å²) in [4.78, 5) is 26.7. The molecule has 0 bridgehead atoms. The van der Waals surface area contributed by atoms with E-state index in [1.54, 1.807) is 18.2 Å². The van der Waals surface area contributed by atoms with Crippen LogP contribution in [0.15, 0.2) is 63.8 Å². The standard InChI is InChI=1S/C32H32FNO11/c1-40-19-10-7-16(11-21(19)41-2)20-12-18(35)24-23(44-20)13-22(42-3)25(29(24)43-4)30-27(37)26(36)28(38)31(45-30)32(39)34-14-15-5-8-17(33)9-6-15/h5-13,26-28,30-31,36-38H,14H2,1-4H3,(H,34,39)/t26-,27-,28+,30+,31+/m1/s1. The lowest BCUT2D eigenvalue weighted by Gasteiger charge is -2.40. The summed E-state index contributed by atoms with van der Waals surface area (Å²) < 4.78 is 47.1. The van der Waals surface area contributed by atoms with Crippen molar-refractivity contribution in [1.82, 2.24) is 5.32 Å². The van der Waals surface area contributed by atoms with Gasteiger partial charge in [0.05, 0.1) is 34.0 Å². The Labute approximate surface area is 256 Å². The average Bonchev–Trinajstić information content (AvgIpc) is 3.05. The lowest BCUT2D eigenvalue weighted by Crippen LogP contribution is -2.58. The van der Waals surface area contributed by atoms with Crippen molar-refractivity contribution in [3.63, 3.8) is 0 Å². The third kappa shape index (κ3) is 6.02. The van der Waals surface area contributed by atoms with E-state index in [1.807, 2.05) is 0 Å². The van der Waals surface area contributed by atoms with Crippen LogP contribution in [-0.4, -0.2) is 74.1 Å². The predicted octanol–water partition coefficient (Wildman–Crippen LogP) is 2.47. The van der Waals surface area contributed by atoms with Crippen molar-refractivity contribution in [3.05, 3.63) is 81.8 Å². The van der Waals surface area contributed by atoms with E-state index in [0.29, 0.717) is 22.6 Å². The summed E-state index contributed by atoms with van der Waals surface area (Å²) in [5, 5.41) is 35.0. The smallest absolute Gasteiger partial charge is 0.252 e. The molecule has 238 valence electrons. The molecule has 1 saturated heterocycles. The summed E-state index contributed by atoms with van der Waals surface area (Å²) in [5.41, 5.74) is 0.662. The Kier molecular flexibility index (Phi) is 9.25. The van der Waals surface area contributed by atoms with Crippen molar-refractivity contribution >= 4 is 16.9 Å². The second-order valence-electron chi connectivity index (χ2n) is 10.2. The Hall–Kier alpha value is -4.69. The van der Waals surface area contributed by atoms with Gasteiger partial charge < -0.3 is 48.7 Å². The first-order valence-electron chi connectivity index (χ1n) is 13.8. The molecule has 1 fully saturated rings. The highest BCUT2D eigenvalue weighted by Gasteiger charge is 2.49. The van der Waals surface area contributed by atoms with E-state index in [1.165, 1.54) is 64.8 Å². The van der Waals surface area contributed by atoms with Gasteiger partial charge in [-0.05, 0) is 35.9 Å². The summed E-state index contributed by atoms with van der Waals surface area (Å²) in [6.45, 7) is -0.0267. The highest BCUT2D eigenvalue weighted by molar-refractivity contribution is 5.89. The Bertz CT molecular complexity index is 1760. The Balaban J connectivity index is 1.54. The molecule has 5 atom stereocenters. The predicted molar refractivity (Wildman–Crippen MR) is 158 cm³/mol. The van der Waals surface area contributed by atoms with Gasteiger partial charge in [-0.25, -0.2) is 4.39 Å². The van der Waals surface area contributed by atoms with Crippen LogP contribution in [0.2, 0.25) is 0 Å². The first-order chi connectivity index (χ1) is 21.6. The van der Waals surface area contributed by atoms with Gasteiger partial charge in [-0.2, -0.15) is 0 Å². The molecule has 1 aromatic heterocycles. The van der Waals surface area contributed by atoms with Gasteiger partial charge in [0.1, 0.15) is 58.5 Å². The van der Waals surface area contributed by atoms with Crippen LogP contribution in [0.3, 0.4) is 0 Å². The number of carbonyl (C=O) groups excluding carboxylic acids is 1. The minimum atomic E-state index is -1.83. The maximum atomic E-state index is 13.6. The maximum absolute atomic E-state index is 13.6. The lowest BCUT2D eigenvalue weighted by atomic mass is 9.89. The van der Waals surface area contributed by atoms with Crippen molar-refractivity contribution in [2.24, 2.45) is 0 Å². The molecule has 45 heavy (non-hydrogen) atoms. The van der Waals surface area contributed by atoms with Gasteiger partial charge in [0.15, 0.2) is 23.0 Å². The van der Waals surface area contributed by atoms with E-state index < -0.39 is 47.7 Å². The zero-order chi connectivity index (χ0) is 32.4. The molecule has 4 N–H and O–H groups in total. The lowest BCUT2D eigenvalue weighted by molar-refractivity contribution is -0.223. The fourth-order valence-corrected chi connectivity index (χ4v) is 5.29. The number of hydrogen-bond donors (Lipinski definition) is 4. The topological polar surface area (TPSA) is 166 Å². The molecular formula is C32H32FNO11. The van der Waals surface area contributed by atoms with Crippen molar-refractivity contribution in [1.29, 1.82) is 0 Å². The third-order valence-electron chi connectivity index (χ3n) is 7.60. The van der Waals surface area contributed by atoms with Crippen LogP contribution in [0.25, 0.3) is 22.3 Å². The van der Waals surface area contributed by atoms with Gasteiger partial charge in [0.25, 0.3) is 5.91 Å². The number of hydrogen-bond acceptors (Lipinski definition) is 11. The number of halogens is 1. The van der Waals surface area contributed by atoms with E-state index in [0.717, 1.165) is 0 Å². The number of fused-ring (bicyclic) bond motifs is 1. The summed E-state index contributed by atoms with van der Waals surface area (Å²) in [7, 11) is 5.59. The SMILES string of the molecule is COc1ccc(-c2cc(=O)c3c(OC)c([C@@H]4O[C@H](C(=O)NCc5ccc(F)cc5)[C@@H](O)[C@H](O)[C@H]4O)c(OC)cc3o2)cc1OC. The summed E-state index contributed by atoms with van der Waals surface area (Å²) >= 11 is 0. The third-order valence-corrected chi connectivity index (χ3v) is 7.60. The zero-order valence-electron chi connectivity index (χ0n) is 24.8. The van der Waals surface area contributed by atoms with Crippen molar-refractivity contribution in [2.45, 2.75) is 37.1 Å². The maximum Gasteiger partial charge on any atom is 0.252 e. The number of nitrogens with one attached hydrogen (secondary N) is 1. The molecule has 13 heteroatoms. The van der Waals surface area contributed by atoms with Crippen LogP contribution in [0.1, 0.15) is 17.2 Å². The molecule has 0 saturated carbocycles. The molecule has 0 radical (unpaired) electrons. The molecular weight excluding hydrogens is 593 g/mol. The fraction of sp³-hybridized carbons (Fsp3) is 0.312. The van der Waals surface area contributed by atoms with E-state index in [4.69, 9.17) is 28.1 Å². The normalized spacial score (nSPS) is 21.3. The molecule has 12 nitrogen and oxygen atoms in total. The molecule has 2 heterocycles. The van der Waals surface area contributed by atoms with Gasteiger partial charge in [0.2, 0.25) is 0 Å². The molecule has 5 rings (SSSR count). The van der Waals surface area contributed by atoms with Gasteiger partial charge >= 0.3 is 0 Å². The molecule has 3 aromatic carbocycles. The van der Waals surface area contributed by atoms with Gasteiger partial charge in [-0.3, -0.25) is 9.59 Å². The first-order valence-corrected chi connectivity index (χ1v) is 13.8. The number of rotatable bonds is 9. The van der Waals surface area contributed by atoms with E-state index in [-0.39, 0.29) is 40.3 Å². The summed E-state index contributed by atoms with van der Waals surface area (Å²) in [6, 6.07) is 13.1. The second kappa shape index (κ2) is 13.1. The van der Waals surface area contributed by atoms with Gasteiger partial charge in [-0.15, -0.1) is 0 Å².